The van der Waals surface area contributed by atoms with E-state index in [0.717, 1.165) is 47.0 Å². The van der Waals surface area contributed by atoms with Crippen molar-refractivity contribution >= 4 is 32.7 Å². The first-order chi connectivity index (χ1) is 10.1. The Kier molecular flexibility index (Phi) is 4.13. The van der Waals surface area contributed by atoms with Crippen LogP contribution >= 0.6 is 15.9 Å². The first kappa shape index (κ1) is 14.7. The van der Waals surface area contributed by atoms with E-state index in [1.165, 1.54) is 6.42 Å². The van der Waals surface area contributed by atoms with Gasteiger partial charge in [-0.2, -0.15) is 0 Å². The normalized spacial score (nSPS) is 26.0. The van der Waals surface area contributed by atoms with Crippen LogP contribution in [0.3, 0.4) is 0 Å². The van der Waals surface area contributed by atoms with Gasteiger partial charge in [0, 0.05) is 21.8 Å². The van der Waals surface area contributed by atoms with E-state index in [9.17, 15) is 5.11 Å². The highest BCUT2D eigenvalue weighted by Gasteiger charge is 2.35. The third-order valence-corrected chi connectivity index (χ3v) is 5.03. The van der Waals surface area contributed by atoms with Crippen molar-refractivity contribution in [3.8, 4) is 0 Å². The van der Waals surface area contributed by atoms with Crippen LogP contribution in [0, 0.1) is 5.41 Å². The molecule has 1 aliphatic carbocycles. The molecule has 1 aromatic heterocycles. The maximum Gasteiger partial charge on any atom is 0.137 e. The highest BCUT2D eigenvalue weighted by molar-refractivity contribution is 9.10. The number of hydrogen-bond donors (Lipinski definition) is 2. The summed E-state index contributed by atoms with van der Waals surface area (Å²) in [5.41, 5.74) is 0.840. The molecule has 1 heterocycles. The van der Waals surface area contributed by atoms with Crippen LogP contribution in [0.1, 0.15) is 32.6 Å². The lowest BCUT2D eigenvalue weighted by Crippen LogP contribution is -2.41. The predicted octanol–water partition coefficient (Wildman–Crippen LogP) is 3.75. The highest BCUT2D eigenvalue weighted by atomic mass is 79.9. The van der Waals surface area contributed by atoms with E-state index in [1.807, 2.05) is 18.2 Å². The van der Waals surface area contributed by atoms with E-state index in [0.29, 0.717) is 0 Å². The van der Waals surface area contributed by atoms with Crippen LogP contribution in [-0.2, 0) is 0 Å². The number of aliphatic hydroxyl groups excluding tert-OH is 1. The summed E-state index contributed by atoms with van der Waals surface area (Å²) < 4.78 is 1.01. The van der Waals surface area contributed by atoms with Crippen LogP contribution in [0.25, 0.3) is 10.9 Å². The van der Waals surface area contributed by atoms with Crippen molar-refractivity contribution in [1.82, 2.24) is 9.97 Å². The van der Waals surface area contributed by atoms with E-state index < -0.39 is 0 Å². The lowest BCUT2D eigenvalue weighted by atomic mass is 9.73. The van der Waals surface area contributed by atoms with E-state index in [1.54, 1.807) is 6.33 Å². The Morgan fingerprint density at radius 1 is 1.38 bits per heavy atom. The number of halogens is 1. The molecule has 1 fully saturated rings. The van der Waals surface area contributed by atoms with Crippen LogP contribution in [0.5, 0.6) is 0 Å². The van der Waals surface area contributed by atoms with E-state index in [4.69, 9.17) is 0 Å². The summed E-state index contributed by atoms with van der Waals surface area (Å²) in [4.78, 5) is 8.65. The van der Waals surface area contributed by atoms with Gasteiger partial charge in [-0.05, 0) is 31.0 Å². The number of nitrogens with zero attached hydrogens (tertiary/aromatic N) is 2. The third-order valence-electron chi connectivity index (χ3n) is 4.54. The molecule has 0 spiro atoms. The average molecular weight is 350 g/mol. The lowest BCUT2D eigenvalue weighted by molar-refractivity contribution is 0.00960. The second-order valence-corrected chi connectivity index (χ2v) is 7.07. The molecule has 2 aromatic rings. The Morgan fingerprint density at radius 3 is 3.05 bits per heavy atom. The zero-order valence-electron chi connectivity index (χ0n) is 12.1. The van der Waals surface area contributed by atoms with Crippen molar-refractivity contribution in [3.63, 3.8) is 0 Å². The van der Waals surface area contributed by atoms with Crippen LogP contribution < -0.4 is 5.32 Å². The number of rotatable bonds is 3. The Labute approximate surface area is 133 Å². The smallest absolute Gasteiger partial charge is 0.137 e. The SMILES string of the molecule is CC1(CNc2ncnc3ccc(Br)cc23)CCCCC1O. The molecular weight excluding hydrogens is 330 g/mol. The summed E-state index contributed by atoms with van der Waals surface area (Å²) in [7, 11) is 0. The van der Waals surface area contributed by atoms with Gasteiger partial charge in [0.05, 0.1) is 11.6 Å². The van der Waals surface area contributed by atoms with E-state index in [2.05, 4.69) is 38.1 Å². The lowest BCUT2D eigenvalue weighted by Gasteiger charge is -2.38. The standard InChI is InChI=1S/C16H20BrN3O/c1-16(7-3-2-4-14(16)21)9-18-15-12-8-11(17)5-6-13(12)19-10-20-15/h5-6,8,10,14,21H,2-4,7,9H2,1H3,(H,18,19,20). The van der Waals surface area contributed by atoms with Gasteiger partial charge in [0.2, 0.25) is 0 Å². The van der Waals surface area contributed by atoms with Gasteiger partial charge in [-0.1, -0.05) is 35.7 Å². The molecule has 21 heavy (non-hydrogen) atoms. The Hall–Kier alpha value is -1.20. The first-order valence-corrected chi connectivity index (χ1v) is 8.20. The molecule has 1 saturated carbocycles. The molecule has 1 aliphatic rings. The molecule has 2 unspecified atom stereocenters. The minimum atomic E-state index is -0.237. The Morgan fingerprint density at radius 2 is 2.24 bits per heavy atom. The molecule has 0 radical (unpaired) electrons. The van der Waals surface area contributed by atoms with Crippen molar-refractivity contribution in [3.05, 3.63) is 29.0 Å². The maximum absolute atomic E-state index is 10.3. The second kappa shape index (κ2) is 5.89. The molecule has 0 aliphatic heterocycles. The predicted molar refractivity (Wildman–Crippen MR) is 88.3 cm³/mol. The van der Waals surface area contributed by atoms with Gasteiger partial charge >= 0.3 is 0 Å². The number of anilines is 1. The van der Waals surface area contributed by atoms with E-state index in [-0.39, 0.29) is 11.5 Å². The summed E-state index contributed by atoms with van der Waals surface area (Å²) in [6.45, 7) is 2.88. The maximum atomic E-state index is 10.3. The fraction of sp³-hybridized carbons (Fsp3) is 0.500. The first-order valence-electron chi connectivity index (χ1n) is 7.41. The number of benzene rings is 1. The summed E-state index contributed by atoms with van der Waals surface area (Å²) >= 11 is 3.49. The topological polar surface area (TPSA) is 58.0 Å². The second-order valence-electron chi connectivity index (χ2n) is 6.15. The van der Waals surface area contributed by atoms with Crippen LogP contribution in [-0.4, -0.2) is 27.7 Å². The third kappa shape index (κ3) is 3.04. The highest BCUT2D eigenvalue weighted by Crippen LogP contribution is 2.36. The zero-order chi connectivity index (χ0) is 14.9. The minimum Gasteiger partial charge on any atom is -0.392 e. The molecule has 0 amide bonds. The molecule has 0 saturated heterocycles. The van der Waals surface area contributed by atoms with Gasteiger partial charge in [-0.25, -0.2) is 9.97 Å². The summed E-state index contributed by atoms with van der Waals surface area (Å²) in [5.74, 6) is 0.834. The minimum absolute atomic E-state index is 0.0818. The van der Waals surface area contributed by atoms with Crippen molar-refractivity contribution in [1.29, 1.82) is 0 Å². The molecule has 2 N–H and O–H groups in total. The molecule has 2 atom stereocenters. The summed E-state index contributed by atoms with van der Waals surface area (Å²) in [6, 6.07) is 5.98. The van der Waals surface area contributed by atoms with Crippen molar-refractivity contribution in [2.45, 2.75) is 38.7 Å². The average Bonchev–Trinajstić information content (AvgIpc) is 2.48. The number of fused-ring (bicyclic) bond motifs is 1. The molecule has 3 rings (SSSR count). The zero-order valence-corrected chi connectivity index (χ0v) is 13.7. The van der Waals surface area contributed by atoms with Crippen molar-refractivity contribution in [2.75, 3.05) is 11.9 Å². The number of nitrogens with one attached hydrogen (secondary N) is 1. The summed E-state index contributed by atoms with van der Waals surface area (Å²) in [6.07, 6.45) is 5.60. The molecule has 112 valence electrons. The van der Waals surface area contributed by atoms with Gasteiger partial charge in [0.1, 0.15) is 12.1 Å². The molecule has 5 heteroatoms. The van der Waals surface area contributed by atoms with Gasteiger partial charge in [0.25, 0.3) is 0 Å². The van der Waals surface area contributed by atoms with Crippen LogP contribution in [0.4, 0.5) is 5.82 Å². The van der Waals surface area contributed by atoms with Gasteiger partial charge in [-0.15, -0.1) is 0 Å². The van der Waals surface area contributed by atoms with Crippen LogP contribution in [0.2, 0.25) is 0 Å². The molecular formula is C16H20BrN3O. The van der Waals surface area contributed by atoms with Gasteiger partial charge in [0.15, 0.2) is 0 Å². The number of aliphatic hydroxyl groups is 1. The Balaban J connectivity index is 1.83. The van der Waals surface area contributed by atoms with E-state index >= 15 is 0 Å². The Bertz CT molecular complexity index is 648. The number of hydrogen-bond acceptors (Lipinski definition) is 4. The number of aromatic nitrogens is 2. The van der Waals surface area contributed by atoms with Crippen molar-refractivity contribution in [2.24, 2.45) is 5.41 Å². The molecule has 0 bridgehead atoms. The fourth-order valence-electron chi connectivity index (χ4n) is 3.04. The quantitative estimate of drug-likeness (QED) is 0.885. The molecule has 4 nitrogen and oxygen atoms in total. The van der Waals surface area contributed by atoms with Crippen LogP contribution in [0.15, 0.2) is 29.0 Å². The van der Waals surface area contributed by atoms with Crippen molar-refractivity contribution < 1.29 is 5.11 Å². The van der Waals surface area contributed by atoms with Gasteiger partial charge in [-0.3, -0.25) is 0 Å². The largest absolute Gasteiger partial charge is 0.392 e. The monoisotopic (exact) mass is 349 g/mol. The fourth-order valence-corrected chi connectivity index (χ4v) is 3.40. The summed E-state index contributed by atoms with van der Waals surface area (Å²) in [5, 5.41) is 14.7. The van der Waals surface area contributed by atoms with Gasteiger partial charge < -0.3 is 10.4 Å². The molecule has 1 aromatic carbocycles.